The van der Waals surface area contributed by atoms with E-state index in [1.807, 2.05) is 0 Å². The smallest absolute Gasteiger partial charge is 0.253 e. The highest BCUT2D eigenvalue weighted by molar-refractivity contribution is 7.94. The van der Waals surface area contributed by atoms with Crippen molar-refractivity contribution in [3.05, 3.63) is 95.9 Å². The number of fused-ring (bicyclic) bond motifs is 1. The third-order valence-electron chi connectivity index (χ3n) is 4.36. The van der Waals surface area contributed by atoms with Gasteiger partial charge in [-0.05, 0) is 42.0 Å². The topological polar surface area (TPSA) is 80.2 Å². The SMILES string of the molecule is O=C(C=CS(=O)(=O)c1ccccc1)N(Cc1cccnc1)c1nc2ccc(F)cc2s1. The van der Waals surface area contributed by atoms with Crippen LogP contribution in [0.15, 0.2) is 89.4 Å². The number of thiazole rings is 1. The van der Waals surface area contributed by atoms with Crippen LogP contribution in [0.1, 0.15) is 5.56 Å². The van der Waals surface area contributed by atoms with E-state index in [2.05, 4.69) is 9.97 Å². The van der Waals surface area contributed by atoms with Gasteiger partial charge in [-0.3, -0.25) is 14.7 Å². The summed E-state index contributed by atoms with van der Waals surface area (Å²) >= 11 is 1.15. The van der Waals surface area contributed by atoms with Crippen molar-refractivity contribution in [2.24, 2.45) is 0 Å². The van der Waals surface area contributed by atoms with Gasteiger partial charge >= 0.3 is 0 Å². The Kier molecular flexibility index (Phi) is 5.88. The number of anilines is 1. The fourth-order valence-electron chi connectivity index (χ4n) is 2.84. The Hall–Kier alpha value is -3.43. The standard InChI is InChI=1S/C22H16FN3O3S2/c23-17-8-9-19-20(13-17)30-22(25-19)26(15-16-5-4-11-24-14-16)21(27)10-12-31(28,29)18-6-2-1-3-7-18/h1-14H,15H2. The third kappa shape index (κ3) is 4.84. The summed E-state index contributed by atoms with van der Waals surface area (Å²) in [6.07, 6.45) is 4.23. The summed E-state index contributed by atoms with van der Waals surface area (Å²) in [5.41, 5.74) is 1.28. The lowest BCUT2D eigenvalue weighted by atomic mass is 10.2. The second kappa shape index (κ2) is 8.75. The van der Waals surface area contributed by atoms with Gasteiger partial charge in [0, 0.05) is 23.9 Å². The van der Waals surface area contributed by atoms with Gasteiger partial charge in [0.1, 0.15) is 5.82 Å². The van der Waals surface area contributed by atoms with Crippen LogP contribution in [0, 0.1) is 5.82 Å². The number of halogens is 1. The van der Waals surface area contributed by atoms with Crippen LogP contribution >= 0.6 is 11.3 Å². The fourth-order valence-corrected chi connectivity index (χ4v) is 4.83. The van der Waals surface area contributed by atoms with Crippen molar-refractivity contribution in [2.75, 3.05) is 4.90 Å². The first-order valence-corrected chi connectivity index (χ1v) is 11.5. The van der Waals surface area contributed by atoms with E-state index in [-0.39, 0.29) is 11.4 Å². The first-order valence-electron chi connectivity index (χ1n) is 9.17. The summed E-state index contributed by atoms with van der Waals surface area (Å²) in [6, 6.07) is 15.6. The highest BCUT2D eigenvalue weighted by Crippen LogP contribution is 2.30. The second-order valence-electron chi connectivity index (χ2n) is 6.55. The van der Waals surface area contributed by atoms with E-state index in [9.17, 15) is 17.6 Å². The van der Waals surface area contributed by atoms with Gasteiger partial charge in [-0.25, -0.2) is 17.8 Å². The highest BCUT2D eigenvalue weighted by Gasteiger charge is 2.20. The van der Waals surface area contributed by atoms with Crippen LogP contribution in [0.5, 0.6) is 0 Å². The maximum absolute atomic E-state index is 13.6. The molecule has 0 unspecified atom stereocenters. The number of rotatable bonds is 6. The van der Waals surface area contributed by atoms with E-state index in [1.165, 1.54) is 35.2 Å². The lowest BCUT2D eigenvalue weighted by molar-refractivity contribution is -0.114. The molecule has 4 aromatic rings. The first kappa shape index (κ1) is 20.8. The molecule has 0 bridgehead atoms. The van der Waals surface area contributed by atoms with E-state index < -0.39 is 21.6 Å². The number of nitrogens with zero attached hydrogens (tertiary/aromatic N) is 3. The van der Waals surface area contributed by atoms with Gasteiger partial charge in [0.05, 0.1) is 21.7 Å². The largest absolute Gasteiger partial charge is 0.280 e. The van der Waals surface area contributed by atoms with Crippen LogP contribution < -0.4 is 4.90 Å². The number of sulfone groups is 1. The number of benzene rings is 2. The maximum Gasteiger partial charge on any atom is 0.253 e. The number of aromatic nitrogens is 2. The van der Waals surface area contributed by atoms with E-state index >= 15 is 0 Å². The van der Waals surface area contributed by atoms with Gasteiger partial charge in [0.25, 0.3) is 5.91 Å². The summed E-state index contributed by atoms with van der Waals surface area (Å²) in [5, 5.41) is 1.21. The van der Waals surface area contributed by atoms with Crippen molar-refractivity contribution >= 4 is 42.4 Å². The molecular weight excluding hydrogens is 437 g/mol. The molecule has 6 nitrogen and oxygen atoms in total. The Morgan fingerprint density at radius 2 is 1.90 bits per heavy atom. The molecule has 0 radical (unpaired) electrons. The van der Waals surface area contributed by atoms with Crippen molar-refractivity contribution in [1.82, 2.24) is 9.97 Å². The molecule has 2 aromatic heterocycles. The van der Waals surface area contributed by atoms with Crippen molar-refractivity contribution in [3.63, 3.8) is 0 Å². The average Bonchev–Trinajstić information content (AvgIpc) is 3.20. The molecule has 2 aromatic carbocycles. The van der Waals surface area contributed by atoms with Gasteiger partial charge in [-0.1, -0.05) is 35.6 Å². The average molecular weight is 454 g/mol. The van der Waals surface area contributed by atoms with E-state index in [0.717, 1.165) is 28.4 Å². The summed E-state index contributed by atoms with van der Waals surface area (Å²) in [7, 11) is -3.78. The summed E-state index contributed by atoms with van der Waals surface area (Å²) in [5.74, 6) is -0.968. The normalized spacial score (nSPS) is 11.8. The molecule has 0 saturated carbocycles. The molecule has 156 valence electrons. The molecular formula is C22H16FN3O3S2. The predicted molar refractivity (Wildman–Crippen MR) is 118 cm³/mol. The fraction of sp³-hybridized carbons (Fsp3) is 0.0455. The van der Waals surface area contributed by atoms with Crippen molar-refractivity contribution < 1.29 is 17.6 Å². The highest BCUT2D eigenvalue weighted by atomic mass is 32.2. The minimum atomic E-state index is -3.78. The second-order valence-corrected chi connectivity index (χ2v) is 9.40. The Morgan fingerprint density at radius 1 is 1.10 bits per heavy atom. The number of carbonyl (C=O) groups is 1. The lowest BCUT2D eigenvalue weighted by Crippen LogP contribution is -2.28. The Bertz CT molecular complexity index is 1350. The lowest BCUT2D eigenvalue weighted by Gasteiger charge is -2.18. The Balaban J connectivity index is 1.68. The minimum Gasteiger partial charge on any atom is -0.280 e. The molecule has 0 aliphatic heterocycles. The number of carbonyl (C=O) groups excluding carboxylic acids is 1. The van der Waals surface area contributed by atoms with Crippen LogP contribution in [0.2, 0.25) is 0 Å². The van der Waals surface area contributed by atoms with E-state index in [4.69, 9.17) is 0 Å². The monoisotopic (exact) mass is 453 g/mol. The molecule has 0 atom stereocenters. The molecule has 0 N–H and O–H groups in total. The zero-order chi connectivity index (χ0) is 21.8. The van der Waals surface area contributed by atoms with Gasteiger partial charge in [0.15, 0.2) is 15.0 Å². The molecule has 1 amide bonds. The Morgan fingerprint density at radius 3 is 2.65 bits per heavy atom. The molecule has 31 heavy (non-hydrogen) atoms. The van der Waals surface area contributed by atoms with Crippen LogP contribution in [-0.2, 0) is 21.2 Å². The maximum atomic E-state index is 13.6. The number of hydrogen-bond acceptors (Lipinski definition) is 6. The Labute approximate surface area is 182 Å². The van der Waals surface area contributed by atoms with Crippen LogP contribution in [0.25, 0.3) is 10.2 Å². The number of pyridine rings is 1. The minimum absolute atomic E-state index is 0.0910. The van der Waals surface area contributed by atoms with Crippen LogP contribution in [0.4, 0.5) is 9.52 Å². The van der Waals surface area contributed by atoms with E-state index in [0.29, 0.717) is 15.3 Å². The summed E-state index contributed by atoms with van der Waals surface area (Å²) in [4.78, 5) is 22.9. The molecule has 0 aliphatic rings. The van der Waals surface area contributed by atoms with Crippen LogP contribution in [0.3, 0.4) is 0 Å². The molecule has 9 heteroatoms. The predicted octanol–water partition coefficient (Wildman–Crippen LogP) is 4.35. The summed E-state index contributed by atoms with van der Waals surface area (Å²) < 4.78 is 39.2. The molecule has 2 heterocycles. The number of amides is 1. The van der Waals surface area contributed by atoms with Gasteiger partial charge in [-0.15, -0.1) is 0 Å². The molecule has 0 aliphatic carbocycles. The van der Waals surface area contributed by atoms with Crippen LogP contribution in [-0.4, -0.2) is 24.3 Å². The molecule has 4 rings (SSSR count). The van der Waals surface area contributed by atoms with Gasteiger partial charge in [0.2, 0.25) is 0 Å². The zero-order valence-electron chi connectivity index (χ0n) is 16.1. The third-order valence-corrected chi connectivity index (χ3v) is 6.83. The van der Waals surface area contributed by atoms with Gasteiger partial charge in [-0.2, -0.15) is 0 Å². The van der Waals surface area contributed by atoms with Crippen molar-refractivity contribution in [3.8, 4) is 0 Å². The van der Waals surface area contributed by atoms with Crippen molar-refractivity contribution in [1.29, 1.82) is 0 Å². The quantitative estimate of drug-likeness (QED) is 0.406. The molecule has 0 fully saturated rings. The molecule has 0 spiro atoms. The van der Waals surface area contributed by atoms with E-state index in [1.54, 1.807) is 42.7 Å². The van der Waals surface area contributed by atoms with Gasteiger partial charge < -0.3 is 0 Å². The zero-order valence-corrected chi connectivity index (χ0v) is 17.7. The molecule has 0 saturated heterocycles. The number of hydrogen-bond donors (Lipinski definition) is 0. The first-order chi connectivity index (χ1) is 14.9. The van der Waals surface area contributed by atoms with Crippen molar-refractivity contribution in [2.45, 2.75) is 11.4 Å². The summed E-state index contributed by atoms with van der Waals surface area (Å²) in [6.45, 7) is 0.130.